The highest BCUT2D eigenvalue weighted by atomic mass is 16.5. The minimum absolute atomic E-state index is 0.0511. The number of fused-ring (bicyclic) bond motifs is 2. The monoisotopic (exact) mass is 245 g/mol. The van der Waals surface area contributed by atoms with Crippen LogP contribution in [0.15, 0.2) is 24.3 Å². The lowest BCUT2D eigenvalue weighted by atomic mass is 9.95. The SMILES string of the molecule is COc1ccc(C(=O)N[C@H]2C[C@@H]3CC[C@H]2C3)cc1. The number of ether oxygens (including phenoxy) is 1. The lowest BCUT2D eigenvalue weighted by Crippen LogP contribution is -2.38. The van der Waals surface area contributed by atoms with Gasteiger partial charge in [0.2, 0.25) is 0 Å². The van der Waals surface area contributed by atoms with E-state index < -0.39 is 0 Å². The molecule has 18 heavy (non-hydrogen) atoms. The van der Waals surface area contributed by atoms with Crippen molar-refractivity contribution in [3.63, 3.8) is 0 Å². The van der Waals surface area contributed by atoms with Gasteiger partial charge in [0.05, 0.1) is 7.11 Å². The van der Waals surface area contributed by atoms with Crippen LogP contribution in [0, 0.1) is 11.8 Å². The molecule has 96 valence electrons. The van der Waals surface area contributed by atoms with Crippen LogP contribution >= 0.6 is 0 Å². The van der Waals surface area contributed by atoms with Gasteiger partial charge in [-0.2, -0.15) is 0 Å². The Hall–Kier alpha value is -1.51. The first kappa shape index (κ1) is 11.6. The number of hydrogen-bond donors (Lipinski definition) is 1. The third-order valence-electron chi connectivity index (χ3n) is 4.41. The van der Waals surface area contributed by atoms with E-state index in [9.17, 15) is 4.79 Å². The molecule has 1 aromatic carbocycles. The van der Waals surface area contributed by atoms with E-state index in [0.29, 0.717) is 6.04 Å². The number of nitrogens with one attached hydrogen (secondary N) is 1. The van der Waals surface area contributed by atoms with E-state index in [2.05, 4.69) is 5.32 Å². The van der Waals surface area contributed by atoms with Crippen LogP contribution in [0.1, 0.15) is 36.0 Å². The maximum Gasteiger partial charge on any atom is 0.251 e. The molecule has 2 fully saturated rings. The summed E-state index contributed by atoms with van der Waals surface area (Å²) in [6, 6.07) is 7.70. The third-order valence-corrected chi connectivity index (χ3v) is 4.41. The fraction of sp³-hybridized carbons (Fsp3) is 0.533. The van der Waals surface area contributed by atoms with Crippen molar-refractivity contribution in [2.45, 2.75) is 31.7 Å². The molecule has 0 saturated heterocycles. The van der Waals surface area contributed by atoms with Gasteiger partial charge in [0.25, 0.3) is 5.91 Å². The van der Waals surface area contributed by atoms with Crippen LogP contribution in [0.5, 0.6) is 5.75 Å². The summed E-state index contributed by atoms with van der Waals surface area (Å²) < 4.78 is 5.09. The lowest BCUT2D eigenvalue weighted by Gasteiger charge is -2.22. The first-order valence-corrected chi connectivity index (χ1v) is 6.71. The maximum atomic E-state index is 12.1. The van der Waals surface area contributed by atoms with E-state index in [4.69, 9.17) is 4.74 Å². The fourth-order valence-electron chi connectivity index (χ4n) is 3.42. The highest BCUT2D eigenvalue weighted by molar-refractivity contribution is 5.94. The van der Waals surface area contributed by atoms with Crippen molar-refractivity contribution in [2.24, 2.45) is 11.8 Å². The number of carbonyl (C=O) groups excluding carboxylic acids is 1. The molecule has 1 amide bonds. The van der Waals surface area contributed by atoms with E-state index in [1.54, 1.807) is 7.11 Å². The fourth-order valence-corrected chi connectivity index (χ4v) is 3.42. The number of rotatable bonds is 3. The van der Waals surface area contributed by atoms with Gasteiger partial charge < -0.3 is 10.1 Å². The minimum Gasteiger partial charge on any atom is -0.497 e. The number of methoxy groups -OCH3 is 1. The molecule has 0 unspecified atom stereocenters. The van der Waals surface area contributed by atoms with Gasteiger partial charge in [-0.15, -0.1) is 0 Å². The Balaban J connectivity index is 1.64. The Bertz CT molecular complexity index is 440. The van der Waals surface area contributed by atoms with E-state index in [1.165, 1.54) is 25.7 Å². The van der Waals surface area contributed by atoms with Crippen molar-refractivity contribution >= 4 is 5.91 Å². The quantitative estimate of drug-likeness (QED) is 0.889. The largest absolute Gasteiger partial charge is 0.497 e. The van der Waals surface area contributed by atoms with Crippen LogP contribution in [-0.4, -0.2) is 19.1 Å². The molecule has 3 atom stereocenters. The van der Waals surface area contributed by atoms with Gasteiger partial charge in [-0.05, 0) is 55.4 Å². The molecule has 0 aliphatic heterocycles. The second-order valence-electron chi connectivity index (χ2n) is 5.48. The van der Waals surface area contributed by atoms with Crippen LogP contribution in [0.4, 0.5) is 0 Å². The second-order valence-corrected chi connectivity index (χ2v) is 5.48. The number of amides is 1. The highest BCUT2D eigenvalue weighted by Crippen LogP contribution is 2.44. The minimum atomic E-state index is 0.0511. The Labute approximate surface area is 108 Å². The van der Waals surface area contributed by atoms with Gasteiger partial charge in [0.1, 0.15) is 5.75 Å². The summed E-state index contributed by atoms with van der Waals surface area (Å²) in [5.74, 6) is 2.41. The Kier molecular flexibility index (Phi) is 2.98. The Morgan fingerprint density at radius 2 is 2.00 bits per heavy atom. The molecule has 1 aromatic rings. The second kappa shape index (κ2) is 4.63. The molecular formula is C15H19NO2. The van der Waals surface area contributed by atoms with E-state index in [-0.39, 0.29) is 5.91 Å². The maximum absolute atomic E-state index is 12.1. The zero-order valence-corrected chi connectivity index (χ0v) is 10.7. The molecule has 2 aliphatic rings. The summed E-state index contributed by atoms with van der Waals surface area (Å²) in [6.07, 6.45) is 5.14. The standard InChI is InChI=1S/C15H19NO2/c1-18-13-6-4-11(5-7-13)15(17)16-14-9-10-2-3-12(14)8-10/h4-7,10,12,14H,2-3,8-9H2,1H3,(H,16,17)/t10-,12+,14+/m1/s1. The lowest BCUT2D eigenvalue weighted by molar-refractivity contribution is 0.0923. The number of hydrogen-bond acceptors (Lipinski definition) is 2. The zero-order valence-electron chi connectivity index (χ0n) is 10.7. The van der Waals surface area contributed by atoms with Gasteiger partial charge in [-0.1, -0.05) is 6.42 Å². The van der Waals surface area contributed by atoms with Crippen LogP contribution in [0.3, 0.4) is 0 Å². The smallest absolute Gasteiger partial charge is 0.251 e. The predicted molar refractivity (Wildman–Crippen MR) is 69.7 cm³/mol. The van der Waals surface area contributed by atoms with Crippen molar-refractivity contribution in [3.05, 3.63) is 29.8 Å². The van der Waals surface area contributed by atoms with E-state index in [0.717, 1.165) is 23.1 Å². The molecule has 3 heteroatoms. The van der Waals surface area contributed by atoms with Crippen LogP contribution in [0.25, 0.3) is 0 Å². The molecule has 2 aliphatic carbocycles. The zero-order chi connectivity index (χ0) is 12.5. The topological polar surface area (TPSA) is 38.3 Å². The van der Waals surface area contributed by atoms with Gasteiger partial charge >= 0.3 is 0 Å². The Morgan fingerprint density at radius 3 is 2.56 bits per heavy atom. The summed E-state index contributed by atoms with van der Waals surface area (Å²) in [4.78, 5) is 12.1. The third kappa shape index (κ3) is 2.09. The van der Waals surface area contributed by atoms with Crippen molar-refractivity contribution < 1.29 is 9.53 Å². The molecule has 3 rings (SSSR count). The van der Waals surface area contributed by atoms with Crippen LogP contribution < -0.4 is 10.1 Å². The first-order valence-electron chi connectivity index (χ1n) is 6.71. The van der Waals surface area contributed by atoms with Gasteiger partial charge in [-0.3, -0.25) is 4.79 Å². The van der Waals surface area contributed by atoms with Crippen LogP contribution in [0.2, 0.25) is 0 Å². The number of benzene rings is 1. The molecular weight excluding hydrogens is 226 g/mol. The van der Waals surface area contributed by atoms with Gasteiger partial charge in [0.15, 0.2) is 0 Å². The van der Waals surface area contributed by atoms with E-state index in [1.807, 2.05) is 24.3 Å². The molecule has 0 spiro atoms. The van der Waals surface area contributed by atoms with E-state index >= 15 is 0 Å². The molecule has 2 bridgehead atoms. The average Bonchev–Trinajstić information content (AvgIpc) is 3.01. The van der Waals surface area contributed by atoms with Crippen molar-refractivity contribution in [3.8, 4) is 5.75 Å². The summed E-state index contributed by atoms with van der Waals surface area (Å²) in [7, 11) is 1.63. The van der Waals surface area contributed by atoms with Crippen molar-refractivity contribution in [1.82, 2.24) is 5.32 Å². The van der Waals surface area contributed by atoms with Gasteiger partial charge in [0, 0.05) is 11.6 Å². The summed E-state index contributed by atoms with van der Waals surface area (Å²) in [6.45, 7) is 0. The molecule has 3 nitrogen and oxygen atoms in total. The Morgan fingerprint density at radius 1 is 1.22 bits per heavy atom. The normalized spacial score (nSPS) is 29.3. The van der Waals surface area contributed by atoms with Crippen molar-refractivity contribution in [1.29, 1.82) is 0 Å². The van der Waals surface area contributed by atoms with Crippen LogP contribution in [-0.2, 0) is 0 Å². The van der Waals surface area contributed by atoms with Gasteiger partial charge in [-0.25, -0.2) is 0 Å². The molecule has 0 radical (unpaired) electrons. The molecule has 1 N–H and O–H groups in total. The molecule has 0 aromatic heterocycles. The molecule has 0 heterocycles. The summed E-state index contributed by atoms with van der Waals surface area (Å²) in [5.41, 5.74) is 0.721. The number of carbonyl (C=O) groups is 1. The average molecular weight is 245 g/mol. The highest BCUT2D eigenvalue weighted by Gasteiger charge is 2.40. The first-order chi connectivity index (χ1) is 8.76. The predicted octanol–water partition coefficient (Wildman–Crippen LogP) is 2.61. The van der Waals surface area contributed by atoms with Crippen molar-refractivity contribution in [2.75, 3.05) is 7.11 Å². The molecule has 2 saturated carbocycles. The summed E-state index contributed by atoms with van der Waals surface area (Å²) in [5, 5.41) is 3.18. The summed E-state index contributed by atoms with van der Waals surface area (Å²) >= 11 is 0.